The first kappa shape index (κ1) is 28.6. The van der Waals surface area contributed by atoms with Crippen molar-refractivity contribution in [2.24, 2.45) is 0 Å². The van der Waals surface area contributed by atoms with Crippen molar-refractivity contribution >= 4 is 52.2 Å². The average Bonchev–Trinajstić information content (AvgIpc) is 3.23. The lowest BCUT2D eigenvalue weighted by Gasteiger charge is -2.33. The SMILES string of the molecule is CN(C)c1ccc(NC(=O)C(c2ccccc2)N(Cc2ccc(Cl)cc2)C(=O)CN2C(=O)C(=O)c3ccccc32)cc1. The number of nitrogens with one attached hydrogen (secondary N) is 1. The number of carbonyl (C=O) groups is 4. The predicted molar refractivity (Wildman–Crippen MR) is 164 cm³/mol. The first-order chi connectivity index (χ1) is 20.2. The minimum atomic E-state index is -1.05. The molecule has 1 atom stereocenters. The molecule has 1 aliphatic heterocycles. The second kappa shape index (κ2) is 12.3. The normalized spacial score (nSPS) is 13.0. The van der Waals surface area contributed by atoms with Gasteiger partial charge in [-0.2, -0.15) is 0 Å². The van der Waals surface area contributed by atoms with Crippen molar-refractivity contribution in [1.82, 2.24) is 4.90 Å². The topological polar surface area (TPSA) is 90.0 Å². The minimum absolute atomic E-state index is 0.0557. The monoisotopic (exact) mass is 580 g/mol. The molecule has 4 aromatic carbocycles. The van der Waals surface area contributed by atoms with Crippen molar-refractivity contribution in [2.75, 3.05) is 35.8 Å². The summed E-state index contributed by atoms with van der Waals surface area (Å²) in [5, 5.41) is 3.49. The number of amides is 3. The Labute approximate surface area is 249 Å². The van der Waals surface area contributed by atoms with Crippen LogP contribution in [0.2, 0.25) is 5.02 Å². The van der Waals surface area contributed by atoms with Crippen molar-refractivity contribution in [1.29, 1.82) is 0 Å². The average molecular weight is 581 g/mol. The third kappa shape index (κ3) is 6.04. The largest absolute Gasteiger partial charge is 0.378 e. The van der Waals surface area contributed by atoms with Gasteiger partial charge in [-0.15, -0.1) is 0 Å². The molecule has 0 aromatic heterocycles. The second-order valence-electron chi connectivity index (χ2n) is 10.1. The van der Waals surface area contributed by atoms with Crippen LogP contribution in [-0.2, 0) is 20.9 Å². The van der Waals surface area contributed by atoms with Crippen LogP contribution in [0, 0.1) is 0 Å². The zero-order valence-electron chi connectivity index (χ0n) is 23.2. The number of para-hydroxylation sites is 1. The summed E-state index contributed by atoms with van der Waals surface area (Å²) in [5.41, 5.74) is 3.48. The highest BCUT2D eigenvalue weighted by atomic mass is 35.5. The zero-order valence-corrected chi connectivity index (χ0v) is 23.9. The summed E-state index contributed by atoms with van der Waals surface area (Å²) in [6, 6.07) is 28.8. The van der Waals surface area contributed by atoms with E-state index in [0.29, 0.717) is 22.0 Å². The van der Waals surface area contributed by atoms with Gasteiger partial charge in [0.25, 0.3) is 17.6 Å². The van der Waals surface area contributed by atoms with Crippen LogP contribution in [-0.4, -0.2) is 49.0 Å². The third-order valence-electron chi connectivity index (χ3n) is 7.09. The van der Waals surface area contributed by atoms with Gasteiger partial charge in [-0.05, 0) is 59.7 Å². The minimum Gasteiger partial charge on any atom is -0.378 e. The van der Waals surface area contributed by atoms with E-state index in [4.69, 9.17) is 11.6 Å². The lowest BCUT2D eigenvalue weighted by atomic mass is 10.0. The standard InChI is InChI=1S/C33H29ClN4O4/c1-36(2)26-18-16-25(17-19-26)35-32(41)30(23-8-4-3-5-9-23)38(20-22-12-14-24(34)15-13-22)29(39)21-37-28-11-7-6-10-27(28)31(40)33(37)42/h3-19,30H,20-21H2,1-2H3,(H,35,41). The van der Waals surface area contributed by atoms with E-state index < -0.39 is 36.1 Å². The Morgan fingerprint density at radius 3 is 2.14 bits per heavy atom. The Hall–Kier alpha value is -4.95. The Morgan fingerprint density at radius 1 is 0.833 bits per heavy atom. The predicted octanol–water partition coefficient (Wildman–Crippen LogP) is 5.34. The summed E-state index contributed by atoms with van der Waals surface area (Å²) in [5.74, 6) is -2.38. The molecule has 1 unspecified atom stereocenters. The molecule has 1 aliphatic rings. The van der Waals surface area contributed by atoms with Gasteiger partial charge in [0, 0.05) is 37.0 Å². The van der Waals surface area contributed by atoms with E-state index in [0.717, 1.165) is 11.3 Å². The molecule has 1 heterocycles. The first-order valence-corrected chi connectivity index (χ1v) is 13.7. The fourth-order valence-corrected chi connectivity index (χ4v) is 5.03. The molecule has 1 N–H and O–H groups in total. The summed E-state index contributed by atoms with van der Waals surface area (Å²) >= 11 is 6.11. The molecule has 212 valence electrons. The summed E-state index contributed by atoms with van der Waals surface area (Å²) in [6.45, 7) is -0.358. The van der Waals surface area contributed by atoms with E-state index in [1.165, 1.54) is 9.80 Å². The smallest absolute Gasteiger partial charge is 0.299 e. The Morgan fingerprint density at radius 2 is 1.48 bits per heavy atom. The van der Waals surface area contributed by atoms with E-state index in [9.17, 15) is 19.2 Å². The molecule has 0 saturated heterocycles. The number of hydrogen-bond donors (Lipinski definition) is 1. The van der Waals surface area contributed by atoms with E-state index in [2.05, 4.69) is 5.32 Å². The van der Waals surface area contributed by atoms with Gasteiger partial charge in [0.2, 0.25) is 5.91 Å². The molecule has 42 heavy (non-hydrogen) atoms. The van der Waals surface area contributed by atoms with Gasteiger partial charge in [0.05, 0.1) is 11.3 Å². The highest BCUT2D eigenvalue weighted by Gasteiger charge is 2.39. The fourth-order valence-electron chi connectivity index (χ4n) is 4.90. The number of halogens is 1. The lowest BCUT2D eigenvalue weighted by molar-refractivity contribution is -0.139. The van der Waals surface area contributed by atoms with E-state index >= 15 is 0 Å². The molecule has 0 saturated carbocycles. The summed E-state index contributed by atoms with van der Waals surface area (Å²) in [4.78, 5) is 58.2. The number of hydrogen-bond acceptors (Lipinski definition) is 5. The van der Waals surface area contributed by atoms with Gasteiger partial charge < -0.3 is 15.1 Å². The molecule has 0 fully saturated rings. The maximum atomic E-state index is 14.1. The lowest BCUT2D eigenvalue weighted by Crippen LogP contribution is -2.46. The quantitative estimate of drug-likeness (QED) is 0.270. The van der Waals surface area contributed by atoms with E-state index in [-0.39, 0.29) is 12.1 Å². The number of nitrogens with zero attached hydrogens (tertiary/aromatic N) is 3. The second-order valence-corrected chi connectivity index (χ2v) is 10.6. The van der Waals surface area contributed by atoms with Crippen LogP contribution in [0.15, 0.2) is 103 Å². The number of ketones is 1. The highest BCUT2D eigenvalue weighted by Crippen LogP contribution is 2.31. The Kier molecular flexibility index (Phi) is 8.36. The number of rotatable bonds is 9. The molecular formula is C33H29ClN4O4. The molecule has 4 aromatic rings. The Balaban J connectivity index is 1.52. The molecule has 8 nitrogen and oxygen atoms in total. The van der Waals surface area contributed by atoms with Crippen molar-refractivity contribution in [3.63, 3.8) is 0 Å². The van der Waals surface area contributed by atoms with Crippen LogP contribution < -0.4 is 15.1 Å². The zero-order chi connectivity index (χ0) is 29.8. The number of fused-ring (bicyclic) bond motifs is 1. The van der Waals surface area contributed by atoms with Gasteiger partial charge in [0.15, 0.2) is 0 Å². The van der Waals surface area contributed by atoms with Crippen molar-refractivity contribution in [3.8, 4) is 0 Å². The van der Waals surface area contributed by atoms with Gasteiger partial charge in [0.1, 0.15) is 12.6 Å². The maximum absolute atomic E-state index is 14.1. The van der Waals surface area contributed by atoms with Crippen LogP contribution in [0.1, 0.15) is 27.5 Å². The molecule has 0 radical (unpaired) electrons. The number of anilines is 3. The van der Waals surface area contributed by atoms with Crippen molar-refractivity contribution in [2.45, 2.75) is 12.6 Å². The van der Waals surface area contributed by atoms with Crippen LogP contribution in [0.3, 0.4) is 0 Å². The molecule has 0 bridgehead atoms. The highest BCUT2D eigenvalue weighted by molar-refractivity contribution is 6.52. The van der Waals surface area contributed by atoms with Crippen LogP contribution in [0.5, 0.6) is 0 Å². The molecule has 0 aliphatic carbocycles. The summed E-state index contributed by atoms with van der Waals surface area (Å²) in [7, 11) is 3.85. The molecule has 9 heteroatoms. The van der Waals surface area contributed by atoms with Gasteiger partial charge in [-0.1, -0.05) is 66.2 Å². The summed E-state index contributed by atoms with van der Waals surface area (Å²) < 4.78 is 0. The fraction of sp³-hybridized carbons (Fsp3) is 0.152. The van der Waals surface area contributed by atoms with Crippen molar-refractivity contribution in [3.05, 3.63) is 125 Å². The molecule has 5 rings (SSSR count). The third-order valence-corrected chi connectivity index (χ3v) is 7.34. The van der Waals surface area contributed by atoms with Crippen LogP contribution in [0.4, 0.5) is 17.1 Å². The Bertz CT molecular complexity index is 1620. The summed E-state index contributed by atoms with van der Waals surface area (Å²) in [6.07, 6.45) is 0. The van der Waals surface area contributed by atoms with Gasteiger partial charge >= 0.3 is 0 Å². The van der Waals surface area contributed by atoms with E-state index in [1.807, 2.05) is 37.2 Å². The van der Waals surface area contributed by atoms with Crippen LogP contribution in [0.25, 0.3) is 0 Å². The van der Waals surface area contributed by atoms with Crippen LogP contribution >= 0.6 is 11.6 Å². The van der Waals surface area contributed by atoms with Crippen molar-refractivity contribution < 1.29 is 19.2 Å². The molecule has 3 amide bonds. The molecule has 0 spiro atoms. The molecular weight excluding hydrogens is 552 g/mol. The van der Waals surface area contributed by atoms with Gasteiger partial charge in [-0.25, -0.2) is 0 Å². The first-order valence-electron chi connectivity index (χ1n) is 13.4. The number of benzene rings is 4. The number of Topliss-reactive ketones (excluding diaryl/α,β-unsaturated/α-hetero) is 1. The number of carbonyl (C=O) groups excluding carboxylic acids is 4. The maximum Gasteiger partial charge on any atom is 0.299 e. The van der Waals surface area contributed by atoms with Gasteiger partial charge in [-0.3, -0.25) is 24.1 Å². The van der Waals surface area contributed by atoms with E-state index in [1.54, 1.807) is 84.9 Å².